The summed E-state index contributed by atoms with van der Waals surface area (Å²) in [5.74, 6) is 1.24. The smallest absolute Gasteiger partial charge is 0.239 e. The van der Waals surface area contributed by atoms with E-state index in [4.69, 9.17) is 9.88 Å². The number of oxime groups is 1. The van der Waals surface area contributed by atoms with Gasteiger partial charge in [0.25, 0.3) is 0 Å². The number of aromatic nitrogens is 1. The van der Waals surface area contributed by atoms with E-state index in [9.17, 15) is 13.6 Å². The van der Waals surface area contributed by atoms with Crippen LogP contribution in [-0.4, -0.2) is 30.5 Å². The Morgan fingerprint density at radius 3 is 2.48 bits per heavy atom. The second-order valence-electron chi connectivity index (χ2n) is 10.4. The maximum Gasteiger partial charge on any atom is 0.239 e. The van der Waals surface area contributed by atoms with Crippen molar-refractivity contribution in [1.29, 1.82) is 0 Å². The van der Waals surface area contributed by atoms with Gasteiger partial charge in [-0.25, -0.2) is 13.6 Å². The fraction of sp³-hybridized carbons (Fsp3) is 0.560. The van der Waals surface area contributed by atoms with Crippen molar-refractivity contribution in [2.24, 2.45) is 16.2 Å². The Balaban J connectivity index is 1.94. The summed E-state index contributed by atoms with van der Waals surface area (Å²) in [6.45, 7) is 9.39. The third kappa shape index (κ3) is 4.68. The number of sulfonamides is 1. The molecule has 1 aromatic heterocycles. The number of hydrogen-bond donors (Lipinski definition) is 2. The lowest BCUT2D eigenvalue weighted by molar-refractivity contribution is 0.293. The Hall–Kier alpha value is -2.32. The van der Waals surface area contributed by atoms with E-state index < -0.39 is 10.0 Å². The molecule has 7 nitrogen and oxygen atoms in total. The van der Waals surface area contributed by atoms with Gasteiger partial charge in [0.15, 0.2) is 0 Å². The average Bonchev–Trinajstić information content (AvgIpc) is 3.09. The highest BCUT2D eigenvalue weighted by atomic mass is 32.2. The molecule has 8 heteroatoms. The van der Waals surface area contributed by atoms with Gasteiger partial charge < -0.3 is 14.5 Å². The topological polar surface area (TPSA) is 107 Å². The quantitative estimate of drug-likeness (QED) is 0.484. The number of nitrogens with two attached hydrogens (primary N) is 1. The van der Waals surface area contributed by atoms with Crippen LogP contribution in [0.4, 0.5) is 0 Å². The summed E-state index contributed by atoms with van der Waals surface area (Å²) < 4.78 is 32.9. The van der Waals surface area contributed by atoms with Gasteiger partial charge in [-0.15, -0.1) is 0 Å². The predicted molar refractivity (Wildman–Crippen MR) is 130 cm³/mol. The van der Waals surface area contributed by atoms with Gasteiger partial charge in [0.2, 0.25) is 10.0 Å². The van der Waals surface area contributed by atoms with Crippen molar-refractivity contribution in [3.05, 3.63) is 35.0 Å². The fourth-order valence-corrected chi connectivity index (χ4v) is 6.00. The summed E-state index contributed by atoms with van der Waals surface area (Å²) in [6.07, 6.45) is 6.50. The minimum absolute atomic E-state index is 0.163. The summed E-state index contributed by atoms with van der Waals surface area (Å²) >= 11 is 0. The van der Waals surface area contributed by atoms with Crippen molar-refractivity contribution < 1.29 is 18.4 Å². The monoisotopic (exact) mass is 473 g/mol. The van der Waals surface area contributed by atoms with Crippen LogP contribution >= 0.6 is 0 Å². The molecule has 0 spiro atoms. The van der Waals surface area contributed by atoms with Gasteiger partial charge in [-0.2, -0.15) is 0 Å². The van der Waals surface area contributed by atoms with Gasteiger partial charge >= 0.3 is 0 Å². The summed E-state index contributed by atoms with van der Waals surface area (Å²) in [6, 6.07) is 5.73. The molecular formula is C25H35N3O4S. The van der Waals surface area contributed by atoms with Gasteiger partial charge in [0, 0.05) is 35.5 Å². The van der Waals surface area contributed by atoms with Crippen molar-refractivity contribution in [1.82, 2.24) is 4.57 Å². The molecule has 1 aromatic carbocycles. The molecule has 2 aliphatic rings. The molecule has 3 N–H and O–H groups in total. The first-order chi connectivity index (χ1) is 15.5. The molecule has 0 amide bonds. The highest BCUT2D eigenvalue weighted by Crippen LogP contribution is 2.42. The molecule has 1 aliphatic carbocycles. The zero-order chi connectivity index (χ0) is 24.0. The van der Waals surface area contributed by atoms with Crippen molar-refractivity contribution in [3.8, 4) is 17.0 Å². The molecule has 2 aromatic rings. The average molecular weight is 474 g/mol. The Kier molecular flexibility index (Phi) is 6.35. The summed E-state index contributed by atoms with van der Waals surface area (Å²) in [7, 11) is -3.86. The van der Waals surface area contributed by atoms with E-state index in [1.165, 1.54) is 19.3 Å². The first kappa shape index (κ1) is 23.8. The van der Waals surface area contributed by atoms with Crippen LogP contribution in [0.3, 0.4) is 0 Å². The Morgan fingerprint density at radius 1 is 1.18 bits per heavy atom. The molecule has 1 aliphatic heterocycles. The Morgan fingerprint density at radius 2 is 1.88 bits per heavy atom. The maximum atomic E-state index is 12.4. The van der Waals surface area contributed by atoms with E-state index in [1.54, 1.807) is 6.07 Å². The SMILES string of the molecule is Cc1c(S(N)(=O)=O)cc(-c2cc3c(c(C(C)(C)C)c2)OCC/C3=N\O)n1CC1CCCCC1. The van der Waals surface area contributed by atoms with Crippen molar-refractivity contribution >= 4 is 15.7 Å². The molecule has 0 radical (unpaired) electrons. The van der Waals surface area contributed by atoms with Crippen LogP contribution in [0.15, 0.2) is 28.3 Å². The normalized spacial score (nSPS) is 18.9. The van der Waals surface area contributed by atoms with Crippen LogP contribution in [0.1, 0.15) is 76.1 Å². The van der Waals surface area contributed by atoms with E-state index in [0.29, 0.717) is 30.4 Å². The van der Waals surface area contributed by atoms with Gasteiger partial charge in [-0.1, -0.05) is 45.2 Å². The van der Waals surface area contributed by atoms with E-state index in [1.807, 2.05) is 13.0 Å². The van der Waals surface area contributed by atoms with Gasteiger partial charge in [-0.05, 0) is 54.9 Å². The van der Waals surface area contributed by atoms with E-state index in [0.717, 1.165) is 47.5 Å². The molecule has 2 heterocycles. The molecule has 180 valence electrons. The Labute approximate surface area is 196 Å². The predicted octanol–water partition coefficient (Wildman–Crippen LogP) is 4.95. The molecule has 0 atom stereocenters. The highest BCUT2D eigenvalue weighted by Gasteiger charge is 2.30. The first-order valence-electron chi connectivity index (χ1n) is 11.8. The first-order valence-corrected chi connectivity index (χ1v) is 13.3. The van der Waals surface area contributed by atoms with E-state index >= 15 is 0 Å². The maximum absolute atomic E-state index is 12.4. The van der Waals surface area contributed by atoms with E-state index in [2.05, 4.69) is 36.6 Å². The molecule has 0 unspecified atom stereocenters. The van der Waals surface area contributed by atoms with Crippen molar-refractivity contribution in [3.63, 3.8) is 0 Å². The summed E-state index contributed by atoms with van der Waals surface area (Å²) in [5, 5.41) is 18.8. The van der Waals surface area contributed by atoms with Gasteiger partial charge in [-0.3, -0.25) is 0 Å². The third-order valence-electron chi connectivity index (χ3n) is 7.00. The van der Waals surface area contributed by atoms with Crippen LogP contribution < -0.4 is 9.88 Å². The molecular weight excluding hydrogens is 438 g/mol. The fourth-order valence-electron chi connectivity index (χ4n) is 5.20. The summed E-state index contributed by atoms with van der Waals surface area (Å²) in [4.78, 5) is 0.163. The van der Waals surface area contributed by atoms with Crippen molar-refractivity contribution in [2.75, 3.05) is 6.61 Å². The van der Waals surface area contributed by atoms with Crippen LogP contribution in [0.5, 0.6) is 5.75 Å². The molecule has 0 bridgehead atoms. The second-order valence-corrected chi connectivity index (χ2v) is 12.0. The molecule has 1 fully saturated rings. The lowest BCUT2D eigenvalue weighted by Gasteiger charge is -2.29. The number of fused-ring (bicyclic) bond motifs is 1. The molecule has 4 rings (SSSR count). The summed E-state index contributed by atoms with van der Waals surface area (Å²) in [5.41, 5.74) is 4.47. The minimum atomic E-state index is -3.86. The minimum Gasteiger partial charge on any atom is -0.492 e. The number of ether oxygens (including phenoxy) is 1. The molecule has 33 heavy (non-hydrogen) atoms. The van der Waals surface area contributed by atoms with Crippen LogP contribution in [0.2, 0.25) is 0 Å². The van der Waals surface area contributed by atoms with Crippen molar-refractivity contribution in [2.45, 2.75) is 83.1 Å². The number of nitrogens with zero attached hydrogens (tertiary/aromatic N) is 2. The number of primary sulfonamides is 1. The number of benzene rings is 1. The lowest BCUT2D eigenvalue weighted by Crippen LogP contribution is -2.22. The lowest BCUT2D eigenvalue weighted by atomic mass is 9.82. The molecule has 1 saturated carbocycles. The van der Waals surface area contributed by atoms with Crippen LogP contribution in [0.25, 0.3) is 11.3 Å². The number of rotatable bonds is 4. The third-order valence-corrected chi connectivity index (χ3v) is 8.03. The van der Waals surface area contributed by atoms with Crippen LogP contribution in [-0.2, 0) is 22.0 Å². The zero-order valence-electron chi connectivity index (χ0n) is 20.0. The van der Waals surface area contributed by atoms with Gasteiger partial charge in [0.05, 0.1) is 12.3 Å². The largest absolute Gasteiger partial charge is 0.492 e. The Bertz CT molecular complexity index is 1180. The second kappa shape index (κ2) is 8.80. The van der Waals surface area contributed by atoms with Gasteiger partial charge in [0.1, 0.15) is 10.6 Å². The zero-order valence-corrected chi connectivity index (χ0v) is 20.8. The standard InChI is InChI=1S/C25H35N3O4S/c1-16-23(33(26,30)31)14-22(28(16)15-17-8-6-5-7-9-17)18-12-19-21(27-29)10-11-32-24(19)20(13-18)25(2,3)4/h12-14,17,29H,5-11,15H2,1-4H3,(H2,26,30,31)/b27-21+. The molecule has 0 saturated heterocycles. The highest BCUT2D eigenvalue weighted by molar-refractivity contribution is 7.89. The van der Waals surface area contributed by atoms with E-state index in [-0.39, 0.29) is 10.3 Å². The number of hydrogen-bond acceptors (Lipinski definition) is 5. The van der Waals surface area contributed by atoms with Crippen LogP contribution in [0, 0.1) is 12.8 Å².